The number of carbonyl (C=O) groups excluding carboxylic acids is 2. The van der Waals surface area contributed by atoms with E-state index in [4.69, 9.17) is 0 Å². The van der Waals surface area contributed by atoms with Crippen LogP contribution in [0.4, 0.5) is 0 Å². The Morgan fingerprint density at radius 3 is 2.61 bits per heavy atom. The number of amides is 2. The number of aliphatic hydroxyl groups is 1. The number of aliphatic hydroxyl groups excluding tert-OH is 1. The first kappa shape index (κ1) is 30.0. The van der Waals surface area contributed by atoms with Gasteiger partial charge in [-0.2, -0.15) is 0 Å². The second kappa shape index (κ2) is 15.8. The van der Waals surface area contributed by atoms with Crippen molar-refractivity contribution in [2.24, 2.45) is 11.8 Å². The molecule has 36 heavy (non-hydrogen) atoms. The summed E-state index contributed by atoms with van der Waals surface area (Å²) in [4.78, 5) is 31.5. The third-order valence-electron chi connectivity index (χ3n) is 6.98. The van der Waals surface area contributed by atoms with Crippen LogP contribution in [0.3, 0.4) is 0 Å². The highest BCUT2D eigenvalue weighted by Crippen LogP contribution is 2.17. The predicted molar refractivity (Wildman–Crippen MR) is 145 cm³/mol. The van der Waals surface area contributed by atoms with E-state index in [0.717, 1.165) is 44.1 Å². The van der Waals surface area contributed by atoms with Crippen LogP contribution in [0.5, 0.6) is 0 Å². The maximum Gasteiger partial charge on any atom is 0.242 e. The number of hydrogen-bond donors (Lipinski definition) is 3. The minimum atomic E-state index is -0.745. The molecule has 7 heteroatoms. The van der Waals surface area contributed by atoms with Crippen molar-refractivity contribution in [3.05, 3.63) is 41.7 Å². The summed E-state index contributed by atoms with van der Waals surface area (Å²) < 4.78 is 0. The summed E-state index contributed by atoms with van der Waals surface area (Å²) >= 11 is 0. The molecule has 7 nitrogen and oxygen atoms in total. The molecular weight excluding hydrogens is 452 g/mol. The molecule has 2 heterocycles. The van der Waals surface area contributed by atoms with E-state index in [1.807, 2.05) is 12.4 Å². The fraction of sp³-hybridized carbons (Fsp3) is 0.690. The minimum Gasteiger partial charge on any atom is -0.390 e. The topological polar surface area (TPSA) is 94.6 Å². The summed E-state index contributed by atoms with van der Waals surface area (Å²) in [6, 6.07) is 1.18. The van der Waals surface area contributed by atoms with Crippen LogP contribution in [-0.4, -0.2) is 58.6 Å². The fourth-order valence-corrected chi connectivity index (χ4v) is 4.62. The zero-order chi connectivity index (χ0) is 26.5. The number of aromatic nitrogens is 1. The van der Waals surface area contributed by atoms with Gasteiger partial charge in [-0.15, -0.1) is 0 Å². The SMILES string of the molecule is CC(C)Cc1cncc(CNC[C@@H](O)[C@@H]2C[C@H](C)CC/C=C/CCCCC(=O)N(C)[C@@H](C)C(=O)N2)c1. The molecule has 0 fully saturated rings. The lowest BCUT2D eigenvalue weighted by molar-refractivity contribution is -0.139. The first-order chi connectivity index (χ1) is 17.2. The largest absolute Gasteiger partial charge is 0.390 e. The molecule has 0 unspecified atom stereocenters. The molecule has 0 bridgehead atoms. The summed E-state index contributed by atoms with van der Waals surface area (Å²) in [6.45, 7) is 9.26. The number of hydrogen-bond acceptors (Lipinski definition) is 5. The van der Waals surface area contributed by atoms with Gasteiger partial charge in [0.15, 0.2) is 0 Å². The molecule has 0 saturated carbocycles. The molecule has 2 amide bonds. The molecular formula is C29H48N4O3. The Hall–Kier alpha value is -2.25. The van der Waals surface area contributed by atoms with Gasteiger partial charge in [-0.1, -0.05) is 39.0 Å². The average Bonchev–Trinajstić information content (AvgIpc) is 2.83. The Labute approximate surface area is 218 Å². The van der Waals surface area contributed by atoms with Gasteiger partial charge in [0, 0.05) is 39.0 Å². The third-order valence-corrected chi connectivity index (χ3v) is 6.98. The fourth-order valence-electron chi connectivity index (χ4n) is 4.62. The van der Waals surface area contributed by atoms with Crippen LogP contribution in [0.15, 0.2) is 30.6 Å². The Bertz CT molecular complexity index is 842. The number of rotatable bonds is 7. The van der Waals surface area contributed by atoms with Gasteiger partial charge >= 0.3 is 0 Å². The molecule has 1 aliphatic rings. The maximum atomic E-state index is 13.0. The Kier molecular flexibility index (Phi) is 13.1. The normalized spacial score (nSPS) is 25.0. The molecule has 1 aliphatic heterocycles. The van der Waals surface area contributed by atoms with Crippen LogP contribution in [0.25, 0.3) is 0 Å². The second-order valence-electron chi connectivity index (χ2n) is 10.9. The summed E-state index contributed by atoms with van der Waals surface area (Å²) in [5.41, 5.74) is 2.29. The van der Waals surface area contributed by atoms with E-state index in [0.29, 0.717) is 37.8 Å². The monoisotopic (exact) mass is 500 g/mol. The van der Waals surface area contributed by atoms with Crippen LogP contribution in [-0.2, 0) is 22.6 Å². The van der Waals surface area contributed by atoms with Gasteiger partial charge < -0.3 is 20.6 Å². The number of carbonyl (C=O) groups is 2. The lowest BCUT2D eigenvalue weighted by atomic mass is 9.93. The molecule has 3 N–H and O–H groups in total. The van der Waals surface area contributed by atoms with Crippen molar-refractivity contribution in [2.75, 3.05) is 13.6 Å². The van der Waals surface area contributed by atoms with Gasteiger partial charge in [-0.05, 0) is 74.8 Å². The van der Waals surface area contributed by atoms with Crippen LogP contribution < -0.4 is 10.6 Å². The number of pyridine rings is 1. The van der Waals surface area contributed by atoms with Gasteiger partial charge in [0.05, 0.1) is 12.1 Å². The number of likely N-dealkylation sites (N-methyl/N-ethyl adjacent to an activating group) is 1. The van der Waals surface area contributed by atoms with E-state index in [-0.39, 0.29) is 11.8 Å². The Morgan fingerprint density at radius 1 is 1.14 bits per heavy atom. The van der Waals surface area contributed by atoms with Gasteiger partial charge in [0.25, 0.3) is 0 Å². The van der Waals surface area contributed by atoms with Crippen molar-refractivity contribution < 1.29 is 14.7 Å². The summed E-state index contributed by atoms with van der Waals surface area (Å²) in [5, 5.41) is 17.5. The Balaban J connectivity index is 2.03. The maximum absolute atomic E-state index is 13.0. The standard InChI is InChI=1S/C29H48N4O3/c1-21(2)14-24-16-25(18-30-17-24)19-31-20-27(34)26-15-22(3)12-10-8-6-7-9-11-13-28(35)33(5)23(4)29(36)32-26/h6,8,16-18,21-23,26-27,31,34H,7,9-15,19-20H2,1-5H3,(H,32,36)/b8-6+/t22-,23+,26+,27-/m1/s1. The van der Waals surface area contributed by atoms with E-state index >= 15 is 0 Å². The van der Waals surface area contributed by atoms with Gasteiger partial charge in [0.1, 0.15) is 6.04 Å². The van der Waals surface area contributed by atoms with Gasteiger partial charge in [-0.3, -0.25) is 14.6 Å². The number of nitrogens with zero attached hydrogens (tertiary/aromatic N) is 2. The minimum absolute atomic E-state index is 0.0193. The van der Waals surface area contributed by atoms with Crippen molar-refractivity contribution >= 4 is 11.8 Å². The molecule has 0 spiro atoms. The van der Waals surface area contributed by atoms with Crippen molar-refractivity contribution in [1.29, 1.82) is 0 Å². The van der Waals surface area contributed by atoms with Gasteiger partial charge in [0.2, 0.25) is 11.8 Å². The molecule has 4 atom stereocenters. The first-order valence-electron chi connectivity index (χ1n) is 13.7. The van der Waals surface area contributed by atoms with Crippen molar-refractivity contribution in [1.82, 2.24) is 20.5 Å². The molecule has 0 saturated heterocycles. The zero-order valence-corrected chi connectivity index (χ0v) is 23.0. The highest BCUT2D eigenvalue weighted by Gasteiger charge is 2.28. The van der Waals surface area contributed by atoms with E-state index < -0.39 is 18.2 Å². The van der Waals surface area contributed by atoms with E-state index in [9.17, 15) is 14.7 Å². The zero-order valence-electron chi connectivity index (χ0n) is 23.0. The van der Waals surface area contributed by atoms with E-state index in [2.05, 4.69) is 54.6 Å². The smallest absolute Gasteiger partial charge is 0.242 e. The average molecular weight is 501 g/mol. The number of nitrogens with one attached hydrogen (secondary N) is 2. The molecule has 0 aromatic carbocycles. The molecule has 1 aromatic rings. The highest BCUT2D eigenvalue weighted by atomic mass is 16.3. The third kappa shape index (κ3) is 10.8. The van der Waals surface area contributed by atoms with Crippen LogP contribution in [0.1, 0.15) is 83.8 Å². The highest BCUT2D eigenvalue weighted by molar-refractivity contribution is 5.87. The molecule has 2 rings (SSSR count). The van der Waals surface area contributed by atoms with Crippen molar-refractivity contribution in [2.45, 2.75) is 104 Å². The summed E-state index contributed by atoms with van der Waals surface area (Å²) in [5.74, 6) is 0.668. The van der Waals surface area contributed by atoms with Crippen LogP contribution >= 0.6 is 0 Å². The van der Waals surface area contributed by atoms with Crippen molar-refractivity contribution in [3.8, 4) is 0 Å². The molecule has 0 aliphatic carbocycles. The van der Waals surface area contributed by atoms with Crippen LogP contribution in [0.2, 0.25) is 0 Å². The lowest BCUT2D eigenvalue weighted by Crippen LogP contribution is -2.53. The van der Waals surface area contributed by atoms with Gasteiger partial charge in [-0.25, -0.2) is 0 Å². The first-order valence-corrected chi connectivity index (χ1v) is 13.7. The van der Waals surface area contributed by atoms with E-state index in [1.54, 1.807) is 14.0 Å². The lowest BCUT2D eigenvalue weighted by Gasteiger charge is -2.31. The predicted octanol–water partition coefficient (Wildman–Crippen LogP) is 4.00. The summed E-state index contributed by atoms with van der Waals surface area (Å²) in [6.07, 6.45) is 14.3. The molecule has 1 aromatic heterocycles. The molecule has 0 radical (unpaired) electrons. The molecule has 202 valence electrons. The quantitative estimate of drug-likeness (QED) is 0.492. The Morgan fingerprint density at radius 2 is 1.86 bits per heavy atom. The number of allylic oxidation sites excluding steroid dienone is 2. The van der Waals surface area contributed by atoms with Crippen LogP contribution in [0, 0.1) is 11.8 Å². The second-order valence-corrected chi connectivity index (χ2v) is 10.9. The van der Waals surface area contributed by atoms with E-state index in [1.165, 1.54) is 10.5 Å². The summed E-state index contributed by atoms with van der Waals surface area (Å²) in [7, 11) is 1.69. The van der Waals surface area contributed by atoms with Crippen molar-refractivity contribution in [3.63, 3.8) is 0 Å².